The number of imide groups is 1. The molecule has 6 nitrogen and oxygen atoms in total. The minimum absolute atomic E-state index is 0.217. The molecule has 0 aromatic heterocycles. The van der Waals surface area contributed by atoms with Crippen molar-refractivity contribution >= 4 is 23.1 Å². The highest BCUT2D eigenvalue weighted by Gasteiger charge is 2.43. The van der Waals surface area contributed by atoms with Crippen LogP contribution in [0.4, 0.5) is 5.69 Å². The predicted molar refractivity (Wildman–Crippen MR) is 126 cm³/mol. The average Bonchev–Trinajstić information content (AvgIpc) is 3.38. The minimum atomic E-state index is -0.310. The van der Waals surface area contributed by atoms with Crippen molar-refractivity contribution in [2.75, 3.05) is 25.7 Å². The molecule has 5 rings (SSSR count). The number of nitrogens with zero attached hydrogens (tertiary/aromatic N) is 2. The molecule has 0 saturated heterocycles. The summed E-state index contributed by atoms with van der Waals surface area (Å²) in [6, 6.07) is 22.9. The Bertz CT molecular complexity index is 1270. The lowest BCUT2D eigenvalue weighted by atomic mass is 10.0. The van der Waals surface area contributed by atoms with E-state index in [1.165, 1.54) is 10.5 Å². The van der Waals surface area contributed by atoms with Crippen LogP contribution in [-0.2, 0) is 22.6 Å². The van der Waals surface area contributed by atoms with Crippen LogP contribution in [0.3, 0.4) is 0 Å². The Morgan fingerprint density at radius 3 is 2.30 bits per heavy atom. The van der Waals surface area contributed by atoms with Gasteiger partial charge < -0.3 is 14.4 Å². The monoisotopic (exact) mass is 440 g/mol. The Labute approximate surface area is 192 Å². The SMILES string of the molecule is COc1ccc(C2=C(N3CCc4ccccc43)C(=O)N(Cc3ccccc3)C2=O)cc1OC. The normalized spacial score (nSPS) is 15.3. The lowest BCUT2D eigenvalue weighted by molar-refractivity contribution is -0.137. The van der Waals surface area contributed by atoms with E-state index in [9.17, 15) is 9.59 Å². The van der Waals surface area contributed by atoms with Gasteiger partial charge in [0.05, 0.1) is 26.3 Å². The van der Waals surface area contributed by atoms with Gasteiger partial charge in [0, 0.05) is 12.2 Å². The van der Waals surface area contributed by atoms with Crippen molar-refractivity contribution in [3.8, 4) is 11.5 Å². The Morgan fingerprint density at radius 2 is 1.55 bits per heavy atom. The lowest BCUT2D eigenvalue weighted by Gasteiger charge is -2.22. The quantitative estimate of drug-likeness (QED) is 0.542. The van der Waals surface area contributed by atoms with E-state index in [1.807, 2.05) is 53.4 Å². The lowest BCUT2D eigenvalue weighted by Crippen LogP contribution is -2.34. The third-order valence-electron chi connectivity index (χ3n) is 6.16. The van der Waals surface area contributed by atoms with Crippen LogP contribution >= 0.6 is 0 Å². The van der Waals surface area contributed by atoms with Crippen molar-refractivity contribution in [2.45, 2.75) is 13.0 Å². The number of para-hydroxylation sites is 1. The largest absolute Gasteiger partial charge is 0.493 e. The van der Waals surface area contributed by atoms with Gasteiger partial charge in [0.15, 0.2) is 11.5 Å². The highest BCUT2D eigenvalue weighted by Crippen LogP contribution is 2.40. The second-order valence-electron chi connectivity index (χ2n) is 8.01. The van der Waals surface area contributed by atoms with Gasteiger partial charge in [-0.15, -0.1) is 0 Å². The van der Waals surface area contributed by atoms with E-state index in [2.05, 4.69) is 6.07 Å². The summed E-state index contributed by atoms with van der Waals surface area (Å²) >= 11 is 0. The van der Waals surface area contributed by atoms with Gasteiger partial charge in [-0.1, -0.05) is 54.6 Å². The maximum absolute atomic E-state index is 13.7. The number of carbonyl (C=O) groups excluding carboxylic acids is 2. The van der Waals surface area contributed by atoms with E-state index in [4.69, 9.17) is 9.47 Å². The van der Waals surface area contributed by atoms with Crippen molar-refractivity contribution in [2.24, 2.45) is 0 Å². The standard InChI is InChI=1S/C27H24N2O4/c1-32-22-13-12-20(16-23(22)33-2)24-25(28-15-14-19-10-6-7-11-21(19)28)27(31)29(26(24)30)17-18-8-4-3-5-9-18/h3-13,16H,14-15,17H2,1-2H3. The summed E-state index contributed by atoms with van der Waals surface area (Å²) in [5, 5.41) is 0. The maximum atomic E-state index is 13.7. The molecule has 2 heterocycles. The van der Waals surface area contributed by atoms with Crippen molar-refractivity contribution in [1.29, 1.82) is 0 Å². The smallest absolute Gasteiger partial charge is 0.278 e. The fourth-order valence-corrected chi connectivity index (χ4v) is 4.55. The van der Waals surface area contributed by atoms with Crippen molar-refractivity contribution < 1.29 is 19.1 Å². The van der Waals surface area contributed by atoms with E-state index in [0.29, 0.717) is 34.9 Å². The van der Waals surface area contributed by atoms with Gasteiger partial charge in [0.2, 0.25) is 0 Å². The average molecular weight is 440 g/mol. The van der Waals surface area contributed by atoms with Crippen molar-refractivity contribution in [1.82, 2.24) is 4.90 Å². The van der Waals surface area contributed by atoms with Gasteiger partial charge in [0.25, 0.3) is 11.8 Å². The molecular formula is C27H24N2O4. The van der Waals surface area contributed by atoms with Crippen LogP contribution in [0.1, 0.15) is 16.7 Å². The summed E-state index contributed by atoms with van der Waals surface area (Å²) < 4.78 is 10.8. The van der Waals surface area contributed by atoms with Crippen molar-refractivity contribution in [3.05, 3.63) is 95.2 Å². The van der Waals surface area contributed by atoms with E-state index in [0.717, 1.165) is 17.7 Å². The molecule has 3 aromatic carbocycles. The molecule has 166 valence electrons. The van der Waals surface area contributed by atoms with Crippen LogP contribution in [-0.4, -0.2) is 37.5 Å². The van der Waals surface area contributed by atoms with Crippen LogP contribution in [0.2, 0.25) is 0 Å². The van der Waals surface area contributed by atoms with E-state index < -0.39 is 0 Å². The van der Waals surface area contributed by atoms with E-state index in [-0.39, 0.29) is 18.4 Å². The van der Waals surface area contributed by atoms with Gasteiger partial charge in [-0.3, -0.25) is 14.5 Å². The fourth-order valence-electron chi connectivity index (χ4n) is 4.55. The van der Waals surface area contributed by atoms with Crippen LogP contribution in [0.15, 0.2) is 78.5 Å². The Morgan fingerprint density at radius 1 is 0.818 bits per heavy atom. The number of amides is 2. The van der Waals surface area contributed by atoms with Gasteiger partial charge in [-0.25, -0.2) is 0 Å². The first-order valence-corrected chi connectivity index (χ1v) is 10.8. The minimum Gasteiger partial charge on any atom is -0.493 e. The first-order chi connectivity index (χ1) is 16.1. The predicted octanol–water partition coefficient (Wildman–Crippen LogP) is 4.05. The Hall–Kier alpha value is -4.06. The molecule has 3 aromatic rings. The summed E-state index contributed by atoms with van der Waals surface area (Å²) in [6.45, 7) is 0.859. The molecule has 2 aliphatic rings. The first-order valence-electron chi connectivity index (χ1n) is 10.8. The van der Waals surface area contributed by atoms with Crippen molar-refractivity contribution in [3.63, 3.8) is 0 Å². The second kappa shape index (κ2) is 8.47. The second-order valence-corrected chi connectivity index (χ2v) is 8.01. The molecule has 0 spiro atoms. The molecule has 0 saturated carbocycles. The molecule has 0 fully saturated rings. The zero-order valence-corrected chi connectivity index (χ0v) is 18.6. The number of methoxy groups -OCH3 is 2. The molecule has 6 heteroatoms. The number of benzene rings is 3. The van der Waals surface area contributed by atoms with Gasteiger partial charge in [-0.2, -0.15) is 0 Å². The number of hydrogen-bond donors (Lipinski definition) is 0. The highest BCUT2D eigenvalue weighted by atomic mass is 16.5. The Kier molecular flexibility index (Phi) is 5.34. The molecule has 0 atom stereocenters. The number of fused-ring (bicyclic) bond motifs is 1. The highest BCUT2D eigenvalue weighted by molar-refractivity contribution is 6.36. The molecule has 33 heavy (non-hydrogen) atoms. The molecule has 0 unspecified atom stereocenters. The van der Waals surface area contributed by atoms with Gasteiger partial charge in [-0.05, 0) is 41.3 Å². The summed E-state index contributed by atoms with van der Waals surface area (Å²) in [5.41, 5.74) is 4.45. The van der Waals surface area contributed by atoms with Gasteiger partial charge in [0.1, 0.15) is 5.70 Å². The van der Waals surface area contributed by atoms with Gasteiger partial charge >= 0.3 is 0 Å². The van der Waals surface area contributed by atoms with Crippen LogP contribution < -0.4 is 14.4 Å². The zero-order valence-electron chi connectivity index (χ0n) is 18.6. The molecule has 0 aliphatic carbocycles. The molecule has 2 aliphatic heterocycles. The maximum Gasteiger partial charge on any atom is 0.278 e. The number of ether oxygens (including phenoxy) is 2. The topological polar surface area (TPSA) is 59.1 Å². The molecule has 0 bridgehead atoms. The molecular weight excluding hydrogens is 416 g/mol. The van der Waals surface area contributed by atoms with E-state index in [1.54, 1.807) is 32.4 Å². The first kappa shape index (κ1) is 20.8. The van der Waals surface area contributed by atoms with Crippen LogP contribution in [0, 0.1) is 0 Å². The third kappa shape index (κ3) is 3.53. The summed E-state index contributed by atoms with van der Waals surface area (Å²) in [4.78, 5) is 30.7. The number of hydrogen-bond acceptors (Lipinski definition) is 5. The fraction of sp³-hybridized carbons (Fsp3) is 0.185. The zero-order chi connectivity index (χ0) is 22.9. The number of anilines is 1. The number of rotatable bonds is 6. The summed E-state index contributed by atoms with van der Waals surface area (Å²) in [6.07, 6.45) is 0.818. The number of carbonyl (C=O) groups is 2. The van der Waals surface area contributed by atoms with Crippen LogP contribution in [0.25, 0.3) is 5.57 Å². The van der Waals surface area contributed by atoms with E-state index >= 15 is 0 Å². The Balaban J connectivity index is 1.64. The van der Waals surface area contributed by atoms with Crippen LogP contribution in [0.5, 0.6) is 11.5 Å². The summed E-state index contributed by atoms with van der Waals surface area (Å²) in [5.74, 6) is 0.471. The molecule has 0 radical (unpaired) electrons. The summed E-state index contributed by atoms with van der Waals surface area (Å²) in [7, 11) is 3.12. The third-order valence-corrected chi connectivity index (χ3v) is 6.16. The molecule has 2 amide bonds. The molecule has 0 N–H and O–H groups in total.